The van der Waals surface area contributed by atoms with Crippen molar-refractivity contribution in [2.24, 2.45) is 5.92 Å². The number of fused-ring (bicyclic) bond motifs is 11. The molecule has 17 rings (SSSR count). The quantitative estimate of drug-likeness (QED) is 0.0946. The van der Waals surface area contributed by atoms with Gasteiger partial charge >= 0.3 is 0 Å². The highest BCUT2D eigenvalue weighted by Crippen LogP contribution is 2.51. The third-order valence-corrected chi connectivity index (χ3v) is 19.9. The Kier molecular flexibility index (Phi) is 12.5. The maximum Gasteiger partial charge on any atom is 0.0133 e. The monoisotopic (exact) mass is 1120 g/mol. The van der Waals surface area contributed by atoms with Gasteiger partial charge in [-0.1, -0.05) is 296 Å². The minimum atomic E-state index is 0.243. The molecule has 88 heavy (non-hydrogen) atoms. The summed E-state index contributed by atoms with van der Waals surface area (Å²) in [5.41, 5.74) is 20.4. The molecule has 15 aromatic rings. The molecule has 0 spiro atoms. The molecule has 1 unspecified atom stereocenters. The summed E-state index contributed by atoms with van der Waals surface area (Å²) >= 11 is 0. The minimum Gasteiger partial charge on any atom is -0.0836 e. The highest BCUT2D eigenvalue weighted by molar-refractivity contribution is 6.26. The van der Waals surface area contributed by atoms with Gasteiger partial charge in [-0.25, -0.2) is 0 Å². The van der Waals surface area contributed by atoms with E-state index in [-0.39, 0.29) is 5.92 Å². The van der Waals surface area contributed by atoms with E-state index in [1.165, 1.54) is 180 Å². The number of benzene rings is 15. The summed E-state index contributed by atoms with van der Waals surface area (Å²) in [6.45, 7) is 4.53. The van der Waals surface area contributed by atoms with Crippen molar-refractivity contribution in [3.05, 3.63) is 330 Å². The fraction of sp³-hybridized carbons (Fsp3) is 0.0909. The summed E-state index contributed by atoms with van der Waals surface area (Å²) in [6, 6.07) is 96.3. The molecule has 0 amide bonds. The molecule has 0 heteroatoms. The van der Waals surface area contributed by atoms with E-state index in [1.807, 2.05) is 0 Å². The molecule has 1 atom stereocenters. The van der Waals surface area contributed by atoms with Gasteiger partial charge in [-0.15, -0.1) is 0 Å². The van der Waals surface area contributed by atoms with Gasteiger partial charge in [0.15, 0.2) is 0 Å². The molecule has 15 aromatic carbocycles. The predicted octanol–water partition coefficient (Wildman–Crippen LogP) is 23.9. The molecule has 0 aromatic heterocycles. The largest absolute Gasteiger partial charge is 0.0836 e. The van der Waals surface area contributed by atoms with Crippen molar-refractivity contribution in [3.63, 3.8) is 0 Å². The van der Waals surface area contributed by atoms with Gasteiger partial charge in [-0.2, -0.15) is 0 Å². The highest BCUT2D eigenvalue weighted by Gasteiger charge is 2.30. The van der Waals surface area contributed by atoms with Crippen LogP contribution in [0.2, 0.25) is 0 Å². The van der Waals surface area contributed by atoms with Crippen LogP contribution in [-0.4, -0.2) is 0 Å². The van der Waals surface area contributed by atoms with Crippen LogP contribution in [0.5, 0.6) is 0 Å². The Balaban J connectivity index is 0.776. The Bertz CT molecular complexity index is 5440. The molecule has 0 saturated carbocycles. The topological polar surface area (TPSA) is 0 Å². The lowest BCUT2D eigenvalue weighted by Crippen LogP contribution is -2.15. The van der Waals surface area contributed by atoms with Crippen molar-refractivity contribution >= 4 is 103 Å². The van der Waals surface area contributed by atoms with E-state index in [0.29, 0.717) is 0 Å². The molecule has 0 fully saturated rings. The smallest absolute Gasteiger partial charge is 0.0133 e. The standard InChI is InChI=1S/C88H64/c1-55-41-47-67-68-48-42-56(2)54-84(68)70(50-44-60-46-52-82(66-30-10-8-26-62(60)66)88-79-37-17-13-33-75(79)86(76-34-14-18-38-80(76)88)72-40-20-24-58-22-4-6-28-64(58)72)69(83(67)53-55)49-43-59-45-51-81(65-29-9-7-25-61(59)65)87-77-35-15-11-31-73(77)85(74-32-12-16-36-78(74)87)71-39-19-23-57-21-3-5-27-63(57)71/h3-29,31-42,45-48,51-54,66H,30,43-44,49-50H2,1-2H3. The Morgan fingerprint density at radius 3 is 1.19 bits per heavy atom. The molecular weight excluding hydrogens is 1060 g/mol. The second kappa shape index (κ2) is 21.2. The molecule has 0 N–H and O–H groups in total. The van der Waals surface area contributed by atoms with Gasteiger partial charge in [0.25, 0.3) is 0 Å². The van der Waals surface area contributed by atoms with E-state index in [1.54, 1.807) is 0 Å². The first-order chi connectivity index (χ1) is 43.5. The maximum atomic E-state index is 2.51. The average Bonchev–Trinajstić information content (AvgIpc) is 1.01. The van der Waals surface area contributed by atoms with Gasteiger partial charge in [-0.05, 0) is 215 Å². The number of rotatable bonds is 10. The molecule has 2 aliphatic carbocycles. The zero-order valence-corrected chi connectivity index (χ0v) is 49.7. The lowest BCUT2D eigenvalue weighted by atomic mass is 9.72. The maximum absolute atomic E-state index is 2.51. The SMILES string of the molecule is Cc1ccc2c(c1)c(CCC1=CC=C(c3c4ccccc4c(-c4cccc5ccccc45)c4ccccc34)C3CC=CC=C13)c(CCc1ccc(-c3c4ccccc4c(-c4cccc5ccccc45)c4ccccc34)c3ccccc13)c1cc(C)ccc12. The Morgan fingerprint density at radius 2 is 0.693 bits per heavy atom. The van der Waals surface area contributed by atoms with Gasteiger partial charge in [-0.3, -0.25) is 0 Å². The fourth-order valence-corrected chi connectivity index (χ4v) is 16.0. The highest BCUT2D eigenvalue weighted by atomic mass is 14.3. The third-order valence-electron chi connectivity index (χ3n) is 19.9. The zero-order chi connectivity index (χ0) is 58.4. The molecule has 0 heterocycles. The van der Waals surface area contributed by atoms with Crippen LogP contribution >= 0.6 is 0 Å². The Morgan fingerprint density at radius 1 is 0.284 bits per heavy atom. The van der Waals surface area contributed by atoms with Gasteiger partial charge < -0.3 is 0 Å². The molecule has 0 bridgehead atoms. The van der Waals surface area contributed by atoms with E-state index in [2.05, 4.69) is 299 Å². The van der Waals surface area contributed by atoms with Crippen LogP contribution < -0.4 is 0 Å². The van der Waals surface area contributed by atoms with Crippen molar-refractivity contribution in [1.29, 1.82) is 0 Å². The van der Waals surface area contributed by atoms with Crippen molar-refractivity contribution in [3.8, 4) is 33.4 Å². The normalized spacial score (nSPS) is 14.2. The summed E-state index contributed by atoms with van der Waals surface area (Å²) in [4.78, 5) is 0. The first-order valence-electron chi connectivity index (χ1n) is 31.6. The molecule has 0 nitrogen and oxygen atoms in total. The molecule has 0 aliphatic heterocycles. The van der Waals surface area contributed by atoms with Crippen molar-refractivity contribution < 1.29 is 0 Å². The van der Waals surface area contributed by atoms with Gasteiger partial charge in [0.1, 0.15) is 0 Å². The molecule has 0 radical (unpaired) electrons. The van der Waals surface area contributed by atoms with Crippen LogP contribution in [0.3, 0.4) is 0 Å². The number of hydrogen-bond donors (Lipinski definition) is 0. The number of aryl methyl sites for hydroxylation is 5. The summed E-state index contributed by atoms with van der Waals surface area (Å²) in [7, 11) is 0. The predicted molar refractivity (Wildman–Crippen MR) is 380 cm³/mol. The molecule has 2 aliphatic rings. The van der Waals surface area contributed by atoms with Gasteiger partial charge in [0.2, 0.25) is 0 Å². The second-order valence-electron chi connectivity index (χ2n) is 24.8. The number of allylic oxidation sites excluding steroid dienone is 8. The lowest BCUT2D eigenvalue weighted by molar-refractivity contribution is 0.764. The van der Waals surface area contributed by atoms with Crippen LogP contribution in [0.15, 0.2) is 296 Å². The molecular formula is C88H64. The number of hydrogen-bond acceptors (Lipinski definition) is 0. The van der Waals surface area contributed by atoms with Crippen LogP contribution in [0.4, 0.5) is 0 Å². The summed E-state index contributed by atoms with van der Waals surface area (Å²) < 4.78 is 0. The van der Waals surface area contributed by atoms with Crippen LogP contribution in [-0.2, 0) is 19.3 Å². The van der Waals surface area contributed by atoms with E-state index in [0.717, 1.165) is 32.1 Å². The minimum absolute atomic E-state index is 0.243. The van der Waals surface area contributed by atoms with Gasteiger partial charge in [0.05, 0.1) is 0 Å². The second-order valence-corrected chi connectivity index (χ2v) is 24.8. The third kappa shape index (κ3) is 8.42. The van der Waals surface area contributed by atoms with Crippen LogP contribution in [0, 0.1) is 19.8 Å². The molecule has 416 valence electrons. The van der Waals surface area contributed by atoms with Crippen LogP contribution in [0.25, 0.3) is 136 Å². The Labute approximate surface area is 514 Å². The Hall–Kier alpha value is -10.4. The van der Waals surface area contributed by atoms with E-state index in [4.69, 9.17) is 0 Å². The first kappa shape index (κ1) is 52.0. The summed E-state index contributed by atoms with van der Waals surface area (Å²) in [6.07, 6.45) is 16.9. The van der Waals surface area contributed by atoms with Crippen molar-refractivity contribution in [2.45, 2.75) is 46.0 Å². The van der Waals surface area contributed by atoms with Crippen molar-refractivity contribution in [1.82, 2.24) is 0 Å². The first-order valence-corrected chi connectivity index (χ1v) is 31.6. The zero-order valence-electron chi connectivity index (χ0n) is 49.7. The van der Waals surface area contributed by atoms with E-state index >= 15 is 0 Å². The van der Waals surface area contributed by atoms with Crippen LogP contribution in [0.1, 0.15) is 46.2 Å². The van der Waals surface area contributed by atoms with E-state index in [9.17, 15) is 0 Å². The lowest BCUT2D eigenvalue weighted by Gasteiger charge is -2.32. The molecule has 0 saturated heterocycles. The summed E-state index contributed by atoms with van der Waals surface area (Å²) in [5.74, 6) is 0.243. The average molecular weight is 1120 g/mol. The van der Waals surface area contributed by atoms with Gasteiger partial charge in [0, 0.05) is 5.92 Å². The fourth-order valence-electron chi connectivity index (χ4n) is 16.0. The van der Waals surface area contributed by atoms with E-state index < -0.39 is 0 Å². The summed E-state index contributed by atoms with van der Waals surface area (Å²) in [5, 5.41) is 23.5. The van der Waals surface area contributed by atoms with Crippen molar-refractivity contribution in [2.75, 3.05) is 0 Å².